The number of nitrogen functional groups attached to an aromatic ring is 1. The van der Waals surface area contributed by atoms with Crippen LogP contribution in [-0.2, 0) is 4.79 Å². The molecular formula is C21H22N2O4. The molecule has 140 valence electrons. The quantitative estimate of drug-likeness (QED) is 0.479. The molecule has 2 atom stereocenters. The number of fused-ring (bicyclic) bond motifs is 1. The fraction of sp³-hybridized carbons (Fsp3) is 0.190. The van der Waals surface area contributed by atoms with E-state index in [2.05, 4.69) is 5.32 Å². The predicted octanol–water partition coefficient (Wildman–Crippen LogP) is 2.01. The molecule has 0 aliphatic carbocycles. The lowest BCUT2D eigenvalue weighted by molar-refractivity contribution is -0.125. The number of benzene rings is 3. The molecule has 0 aliphatic rings. The van der Waals surface area contributed by atoms with Gasteiger partial charge in [-0.15, -0.1) is 0 Å². The lowest BCUT2D eigenvalue weighted by Gasteiger charge is -2.22. The molecule has 1 amide bonds. The molecular weight excluding hydrogens is 344 g/mol. The van der Waals surface area contributed by atoms with E-state index in [0.29, 0.717) is 17.0 Å². The molecule has 0 spiro atoms. The van der Waals surface area contributed by atoms with Crippen molar-refractivity contribution in [1.82, 2.24) is 5.32 Å². The molecule has 5 N–H and O–H groups in total. The topological polar surface area (TPSA) is 105 Å². The van der Waals surface area contributed by atoms with Crippen LogP contribution >= 0.6 is 0 Å². The van der Waals surface area contributed by atoms with Gasteiger partial charge in [0.05, 0.1) is 12.6 Å². The lowest BCUT2D eigenvalue weighted by atomic mass is 10.0. The molecule has 0 saturated heterocycles. The maximum absolute atomic E-state index is 12.2. The number of nitrogens with two attached hydrogens (primary N) is 1. The number of carbonyl (C=O) groups is 1. The van der Waals surface area contributed by atoms with Gasteiger partial charge in [-0.2, -0.15) is 0 Å². The molecule has 0 fully saturated rings. The highest BCUT2D eigenvalue weighted by Gasteiger charge is 2.22. The number of nitrogens with one attached hydrogen (secondary N) is 1. The van der Waals surface area contributed by atoms with E-state index in [1.54, 1.807) is 30.3 Å². The predicted molar refractivity (Wildman–Crippen MR) is 104 cm³/mol. The van der Waals surface area contributed by atoms with Gasteiger partial charge in [0.15, 0.2) is 6.61 Å². The first-order valence-electron chi connectivity index (χ1n) is 8.62. The van der Waals surface area contributed by atoms with Gasteiger partial charge in [0.2, 0.25) is 0 Å². The molecule has 27 heavy (non-hydrogen) atoms. The third-order valence-electron chi connectivity index (χ3n) is 4.29. The Kier molecular flexibility index (Phi) is 5.90. The molecule has 3 rings (SSSR count). The fourth-order valence-corrected chi connectivity index (χ4v) is 2.80. The summed E-state index contributed by atoms with van der Waals surface area (Å²) < 4.78 is 5.53. The Morgan fingerprint density at radius 3 is 2.44 bits per heavy atom. The van der Waals surface area contributed by atoms with E-state index < -0.39 is 24.7 Å². The van der Waals surface area contributed by atoms with Crippen LogP contribution in [-0.4, -0.2) is 35.4 Å². The SMILES string of the molecule is Nc1ccc(C(O)C(CO)NC(=O)COc2ccc3ccccc3c2)cc1. The first-order valence-corrected chi connectivity index (χ1v) is 8.62. The molecule has 0 aliphatic heterocycles. The molecule has 0 radical (unpaired) electrons. The van der Waals surface area contributed by atoms with Crippen molar-refractivity contribution in [2.75, 3.05) is 18.9 Å². The number of ether oxygens (including phenoxy) is 1. The van der Waals surface area contributed by atoms with Crippen LogP contribution in [0.25, 0.3) is 10.8 Å². The monoisotopic (exact) mass is 366 g/mol. The third kappa shape index (κ3) is 4.75. The van der Waals surface area contributed by atoms with E-state index in [4.69, 9.17) is 10.5 Å². The van der Waals surface area contributed by atoms with E-state index in [0.717, 1.165) is 10.8 Å². The van der Waals surface area contributed by atoms with Gasteiger partial charge in [0, 0.05) is 5.69 Å². The summed E-state index contributed by atoms with van der Waals surface area (Å²) in [7, 11) is 0. The first-order chi connectivity index (χ1) is 13.1. The first kappa shape index (κ1) is 18.7. The van der Waals surface area contributed by atoms with Gasteiger partial charge in [0.1, 0.15) is 11.9 Å². The number of amides is 1. The molecule has 2 unspecified atom stereocenters. The average molecular weight is 366 g/mol. The number of hydrogen-bond acceptors (Lipinski definition) is 5. The Morgan fingerprint density at radius 1 is 1.04 bits per heavy atom. The number of rotatable bonds is 7. The number of hydrogen-bond donors (Lipinski definition) is 4. The average Bonchev–Trinajstić information content (AvgIpc) is 2.70. The molecule has 0 bridgehead atoms. The molecule has 0 aromatic heterocycles. The standard InChI is InChI=1S/C21H22N2O4/c22-17-8-5-15(6-9-17)21(26)19(12-24)23-20(25)13-27-18-10-7-14-3-1-2-4-16(14)11-18/h1-11,19,21,24,26H,12-13,22H2,(H,23,25). The Labute approximate surface area is 157 Å². The van der Waals surface area contributed by atoms with Crippen molar-refractivity contribution >= 4 is 22.4 Å². The smallest absolute Gasteiger partial charge is 0.258 e. The van der Waals surface area contributed by atoms with Crippen LogP contribution in [0, 0.1) is 0 Å². The van der Waals surface area contributed by atoms with Gasteiger partial charge < -0.3 is 26.0 Å². The summed E-state index contributed by atoms with van der Waals surface area (Å²) in [5.74, 6) is 0.139. The summed E-state index contributed by atoms with van der Waals surface area (Å²) in [6.07, 6.45) is -1.06. The van der Waals surface area contributed by atoms with Gasteiger partial charge in [-0.1, -0.05) is 42.5 Å². The Morgan fingerprint density at radius 2 is 1.74 bits per heavy atom. The van der Waals surface area contributed by atoms with Crippen molar-refractivity contribution in [3.8, 4) is 5.75 Å². The second-order valence-electron chi connectivity index (χ2n) is 6.27. The maximum Gasteiger partial charge on any atom is 0.258 e. The van der Waals surface area contributed by atoms with Crippen LogP contribution in [0.5, 0.6) is 5.75 Å². The minimum Gasteiger partial charge on any atom is -0.484 e. The lowest BCUT2D eigenvalue weighted by Crippen LogP contribution is -2.43. The van der Waals surface area contributed by atoms with Crippen molar-refractivity contribution in [1.29, 1.82) is 0 Å². The fourth-order valence-electron chi connectivity index (χ4n) is 2.80. The van der Waals surface area contributed by atoms with Crippen molar-refractivity contribution in [3.05, 3.63) is 72.3 Å². The number of carbonyl (C=O) groups excluding carboxylic acids is 1. The zero-order valence-electron chi connectivity index (χ0n) is 14.7. The van der Waals surface area contributed by atoms with Crippen LogP contribution in [0.2, 0.25) is 0 Å². The van der Waals surface area contributed by atoms with E-state index >= 15 is 0 Å². The number of anilines is 1. The zero-order chi connectivity index (χ0) is 19.2. The highest BCUT2D eigenvalue weighted by molar-refractivity contribution is 5.84. The molecule has 0 saturated carbocycles. The highest BCUT2D eigenvalue weighted by Crippen LogP contribution is 2.21. The van der Waals surface area contributed by atoms with Gasteiger partial charge in [0.25, 0.3) is 5.91 Å². The minimum absolute atomic E-state index is 0.219. The summed E-state index contributed by atoms with van der Waals surface area (Å²) in [6, 6.07) is 19.2. The molecule has 3 aromatic carbocycles. The second-order valence-corrected chi connectivity index (χ2v) is 6.27. The second kappa shape index (κ2) is 8.53. The van der Waals surface area contributed by atoms with Crippen molar-refractivity contribution in [3.63, 3.8) is 0 Å². The van der Waals surface area contributed by atoms with Crippen LogP contribution < -0.4 is 15.8 Å². The minimum atomic E-state index is -1.06. The van der Waals surface area contributed by atoms with Crippen LogP contribution in [0.3, 0.4) is 0 Å². The van der Waals surface area contributed by atoms with Crippen molar-refractivity contribution < 1.29 is 19.7 Å². The van der Waals surface area contributed by atoms with Gasteiger partial charge in [-0.25, -0.2) is 0 Å². The molecule has 0 heterocycles. The Bertz CT molecular complexity index is 911. The number of aliphatic hydroxyl groups is 2. The number of aliphatic hydroxyl groups excluding tert-OH is 2. The van der Waals surface area contributed by atoms with Crippen molar-refractivity contribution in [2.45, 2.75) is 12.1 Å². The zero-order valence-corrected chi connectivity index (χ0v) is 14.7. The van der Waals surface area contributed by atoms with Crippen LogP contribution in [0.15, 0.2) is 66.7 Å². The summed E-state index contributed by atoms with van der Waals surface area (Å²) in [4.78, 5) is 12.2. The van der Waals surface area contributed by atoms with Crippen LogP contribution in [0.4, 0.5) is 5.69 Å². The Balaban J connectivity index is 1.58. The Hall–Kier alpha value is -3.09. The van der Waals surface area contributed by atoms with E-state index in [1.165, 1.54) is 0 Å². The third-order valence-corrected chi connectivity index (χ3v) is 4.29. The summed E-state index contributed by atoms with van der Waals surface area (Å²) in [6.45, 7) is -0.628. The maximum atomic E-state index is 12.2. The van der Waals surface area contributed by atoms with Gasteiger partial charge in [-0.3, -0.25) is 4.79 Å². The van der Waals surface area contributed by atoms with Gasteiger partial charge in [-0.05, 0) is 40.6 Å². The van der Waals surface area contributed by atoms with E-state index in [1.807, 2.05) is 36.4 Å². The van der Waals surface area contributed by atoms with Gasteiger partial charge >= 0.3 is 0 Å². The van der Waals surface area contributed by atoms with Crippen molar-refractivity contribution in [2.24, 2.45) is 0 Å². The van der Waals surface area contributed by atoms with Crippen LogP contribution in [0.1, 0.15) is 11.7 Å². The highest BCUT2D eigenvalue weighted by atomic mass is 16.5. The normalized spacial score (nSPS) is 13.1. The largest absolute Gasteiger partial charge is 0.484 e. The molecule has 6 nitrogen and oxygen atoms in total. The van der Waals surface area contributed by atoms with E-state index in [-0.39, 0.29) is 6.61 Å². The molecule has 6 heteroatoms. The van der Waals surface area contributed by atoms with E-state index in [9.17, 15) is 15.0 Å². The summed E-state index contributed by atoms with van der Waals surface area (Å²) >= 11 is 0. The summed E-state index contributed by atoms with van der Waals surface area (Å²) in [5, 5.41) is 24.6. The summed E-state index contributed by atoms with van der Waals surface area (Å²) in [5.41, 5.74) is 6.75. The molecule has 3 aromatic rings.